The van der Waals surface area contributed by atoms with Crippen molar-refractivity contribution in [2.75, 3.05) is 25.0 Å². The molecule has 0 aliphatic rings. The number of nitrogens with two attached hydrogens (primary N) is 1. The molecule has 9 heteroatoms. The first-order valence-corrected chi connectivity index (χ1v) is 10.4. The largest absolute Gasteiger partial charge is 0.344 e. The van der Waals surface area contributed by atoms with E-state index in [9.17, 15) is 14.9 Å². The van der Waals surface area contributed by atoms with Gasteiger partial charge in [-0.3, -0.25) is 13.9 Å². The molecule has 4 rings (SSSR count). The molecule has 0 bridgehead atoms. The minimum absolute atomic E-state index is 0.0938. The quantitative estimate of drug-likeness (QED) is 0.493. The molecule has 0 amide bonds. The van der Waals surface area contributed by atoms with Gasteiger partial charge < -0.3 is 15.2 Å². The van der Waals surface area contributed by atoms with Crippen LogP contribution in [0.25, 0.3) is 21.9 Å². The second-order valence-corrected chi connectivity index (χ2v) is 7.70. The van der Waals surface area contributed by atoms with Crippen LogP contribution in [0.3, 0.4) is 0 Å². The molecule has 164 valence electrons. The van der Waals surface area contributed by atoms with Crippen LogP contribution in [-0.2, 0) is 20.1 Å². The number of rotatable bonds is 6. The van der Waals surface area contributed by atoms with E-state index in [0.717, 1.165) is 16.3 Å². The topological polar surface area (TPSA) is 115 Å². The van der Waals surface area contributed by atoms with Gasteiger partial charge in [0.15, 0.2) is 11.2 Å². The van der Waals surface area contributed by atoms with Gasteiger partial charge in [-0.05, 0) is 29.3 Å². The number of nitrogens with zero attached hydrogens (tertiary/aromatic N) is 6. The highest BCUT2D eigenvalue weighted by molar-refractivity contribution is 5.90. The lowest BCUT2D eigenvalue weighted by Gasteiger charge is -2.18. The summed E-state index contributed by atoms with van der Waals surface area (Å²) >= 11 is 0. The number of nitriles is 1. The maximum absolute atomic E-state index is 13.5. The second kappa shape index (κ2) is 8.32. The normalized spacial score (nSPS) is 11.2. The standard InChI is InChI=1S/C23H25N7O2/c1-4-29-19-20(26-22(29)27(2)12-11-24)28(3)23(32)30(21(19)31)14-16-10-9-15(13-25)17-7-5-6-8-18(16)17/h5-10H,4,11-12,14,24H2,1-3H3. The van der Waals surface area contributed by atoms with E-state index in [1.165, 1.54) is 9.13 Å². The van der Waals surface area contributed by atoms with Gasteiger partial charge in [-0.25, -0.2) is 4.79 Å². The Kier molecular flexibility index (Phi) is 5.55. The summed E-state index contributed by atoms with van der Waals surface area (Å²) in [5, 5.41) is 11.1. The summed E-state index contributed by atoms with van der Waals surface area (Å²) < 4.78 is 4.46. The van der Waals surface area contributed by atoms with Gasteiger partial charge in [-0.15, -0.1) is 0 Å². The van der Waals surface area contributed by atoms with Gasteiger partial charge in [0.1, 0.15) is 0 Å². The summed E-state index contributed by atoms with van der Waals surface area (Å²) in [5.41, 5.74) is 6.94. The number of aromatic nitrogens is 4. The van der Waals surface area contributed by atoms with Gasteiger partial charge in [0, 0.05) is 33.7 Å². The van der Waals surface area contributed by atoms with Crippen LogP contribution >= 0.6 is 0 Å². The summed E-state index contributed by atoms with van der Waals surface area (Å²) in [6, 6.07) is 13.2. The molecule has 0 atom stereocenters. The minimum Gasteiger partial charge on any atom is -0.344 e. The highest BCUT2D eigenvalue weighted by Gasteiger charge is 2.21. The fourth-order valence-electron chi connectivity index (χ4n) is 4.15. The first kappa shape index (κ1) is 21.3. The van der Waals surface area contributed by atoms with E-state index >= 15 is 0 Å². The lowest BCUT2D eigenvalue weighted by atomic mass is 10.00. The number of aryl methyl sites for hydroxylation is 2. The third kappa shape index (κ3) is 3.25. The number of hydrogen-bond donors (Lipinski definition) is 1. The predicted molar refractivity (Wildman–Crippen MR) is 125 cm³/mol. The average Bonchev–Trinajstić information content (AvgIpc) is 3.20. The number of anilines is 1. The maximum atomic E-state index is 13.5. The van der Waals surface area contributed by atoms with Crippen molar-refractivity contribution in [3.05, 3.63) is 68.4 Å². The zero-order chi connectivity index (χ0) is 23.0. The maximum Gasteiger partial charge on any atom is 0.332 e. The van der Waals surface area contributed by atoms with E-state index in [1.807, 2.05) is 47.7 Å². The van der Waals surface area contributed by atoms with Crippen LogP contribution in [0.4, 0.5) is 5.95 Å². The molecule has 0 aliphatic carbocycles. The van der Waals surface area contributed by atoms with E-state index in [4.69, 9.17) is 5.73 Å². The Hall–Kier alpha value is -3.90. The number of likely N-dealkylation sites (N-methyl/N-ethyl adjacent to an activating group) is 1. The third-order valence-electron chi connectivity index (χ3n) is 5.80. The molecule has 0 saturated heterocycles. The summed E-state index contributed by atoms with van der Waals surface area (Å²) in [7, 11) is 3.48. The van der Waals surface area contributed by atoms with Crippen LogP contribution in [0, 0.1) is 11.3 Å². The number of imidazole rings is 1. The minimum atomic E-state index is -0.440. The lowest BCUT2D eigenvalue weighted by Crippen LogP contribution is -2.40. The van der Waals surface area contributed by atoms with Crippen molar-refractivity contribution in [2.45, 2.75) is 20.0 Å². The molecule has 0 radical (unpaired) electrons. The molecular weight excluding hydrogens is 406 g/mol. The Bertz CT molecular complexity index is 1490. The van der Waals surface area contributed by atoms with Crippen LogP contribution < -0.4 is 21.9 Å². The lowest BCUT2D eigenvalue weighted by molar-refractivity contribution is 0.653. The zero-order valence-electron chi connectivity index (χ0n) is 18.4. The molecule has 0 unspecified atom stereocenters. The fourth-order valence-corrected chi connectivity index (χ4v) is 4.15. The van der Waals surface area contributed by atoms with Gasteiger partial charge >= 0.3 is 5.69 Å². The van der Waals surface area contributed by atoms with Crippen LogP contribution in [0.1, 0.15) is 18.1 Å². The van der Waals surface area contributed by atoms with E-state index in [-0.39, 0.29) is 6.54 Å². The van der Waals surface area contributed by atoms with Crippen molar-refractivity contribution in [3.63, 3.8) is 0 Å². The molecule has 0 fully saturated rings. The third-order valence-corrected chi connectivity index (χ3v) is 5.80. The van der Waals surface area contributed by atoms with Gasteiger partial charge in [-0.1, -0.05) is 30.3 Å². The van der Waals surface area contributed by atoms with Gasteiger partial charge in [0.25, 0.3) is 5.56 Å². The molecule has 32 heavy (non-hydrogen) atoms. The van der Waals surface area contributed by atoms with Crippen molar-refractivity contribution in [1.82, 2.24) is 18.7 Å². The summed E-state index contributed by atoms with van der Waals surface area (Å²) in [4.78, 5) is 33.2. The molecule has 9 nitrogen and oxygen atoms in total. The monoisotopic (exact) mass is 431 g/mol. The smallest absolute Gasteiger partial charge is 0.332 e. The average molecular weight is 432 g/mol. The summed E-state index contributed by atoms with van der Waals surface area (Å²) in [6.07, 6.45) is 0. The van der Waals surface area contributed by atoms with Crippen molar-refractivity contribution >= 4 is 27.9 Å². The number of fused-ring (bicyclic) bond motifs is 2. The Balaban J connectivity index is 1.96. The van der Waals surface area contributed by atoms with Gasteiger partial charge in [-0.2, -0.15) is 10.2 Å². The highest BCUT2D eigenvalue weighted by Crippen LogP contribution is 2.23. The Morgan fingerprint density at radius 2 is 1.84 bits per heavy atom. The molecule has 0 aliphatic heterocycles. The van der Waals surface area contributed by atoms with Gasteiger partial charge in [0.2, 0.25) is 5.95 Å². The number of hydrogen-bond acceptors (Lipinski definition) is 6. The van der Waals surface area contributed by atoms with Gasteiger partial charge in [0.05, 0.1) is 18.2 Å². The summed E-state index contributed by atoms with van der Waals surface area (Å²) in [6.45, 7) is 3.56. The van der Waals surface area contributed by atoms with Crippen molar-refractivity contribution in [2.24, 2.45) is 12.8 Å². The first-order valence-electron chi connectivity index (χ1n) is 10.4. The zero-order valence-corrected chi connectivity index (χ0v) is 18.4. The first-order chi connectivity index (χ1) is 15.4. The Labute approximate surface area is 184 Å². The SMILES string of the molecule is CCn1c(N(C)CCN)nc2c1c(=O)n(Cc1ccc(C#N)c3ccccc13)c(=O)n2C. The van der Waals surface area contributed by atoms with Crippen LogP contribution in [0.5, 0.6) is 0 Å². The van der Waals surface area contributed by atoms with Crippen molar-refractivity contribution in [3.8, 4) is 6.07 Å². The van der Waals surface area contributed by atoms with E-state index in [1.54, 1.807) is 19.2 Å². The molecule has 2 aromatic carbocycles. The van der Waals surface area contributed by atoms with E-state index in [2.05, 4.69) is 11.1 Å². The molecule has 2 N–H and O–H groups in total. The Morgan fingerprint density at radius 1 is 1.12 bits per heavy atom. The van der Waals surface area contributed by atoms with Crippen LogP contribution in [-0.4, -0.2) is 38.8 Å². The van der Waals surface area contributed by atoms with Crippen molar-refractivity contribution in [1.29, 1.82) is 5.26 Å². The van der Waals surface area contributed by atoms with Crippen LogP contribution in [0.15, 0.2) is 46.0 Å². The molecule has 0 spiro atoms. The molecule has 2 aromatic heterocycles. The molecular formula is C23H25N7O2. The van der Waals surface area contributed by atoms with E-state index in [0.29, 0.717) is 42.3 Å². The fraction of sp³-hybridized carbons (Fsp3) is 0.304. The Morgan fingerprint density at radius 3 is 2.50 bits per heavy atom. The number of benzene rings is 2. The molecule has 0 saturated carbocycles. The highest BCUT2D eigenvalue weighted by atomic mass is 16.2. The van der Waals surface area contributed by atoms with Crippen molar-refractivity contribution < 1.29 is 0 Å². The van der Waals surface area contributed by atoms with Crippen LogP contribution in [0.2, 0.25) is 0 Å². The second-order valence-electron chi connectivity index (χ2n) is 7.70. The predicted octanol–water partition coefficient (Wildman–Crippen LogP) is 1.38. The van der Waals surface area contributed by atoms with E-state index < -0.39 is 11.2 Å². The molecule has 2 heterocycles. The summed E-state index contributed by atoms with van der Waals surface area (Å²) in [5.74, 6) is 0.599. The molecule has 4 aromatic rings.